The Morgan fingerprint density at radius 3 is 2.82 bits per heavy atom. The van der Waals surface area contributed by atoms with E-state index in [2.05, 4.69) is 39.5 Å². The topological polar surface area (TPSA) is 45.2 Å². The van der Waals surface area contributed by atoms with Crippen molar-refractivity contribution in [1.82, 2.24) is 15.2 Å². The number of likely N-dealkylation sites (tertiary alicyclic amines) is 1. The van der Waals surface area contributed by atoms with Crippen LogP contribution in [-0.4, -0.2) is 34.9 Å². The first-order valence-corrected chi connectivity index (χ1v) is 7.77. The van der Waals surface area contributed by atoms with E-state index in [1.54, 1.807) is 12.1 Å². The lowest BCUT2D eigenvalue weighted by atomic mass is 10.2. The minimum atomic E-state index is -0.0873. The van der Waals surface area contributed by atoms with Crippen LogP contribution in [0.3, 0.4) is 0 Å². The first-order chi connectivity index (χ1) is 10.7. The summed E-state index contributed by atoms with van der Waals surface area (Å²) in [5.41, 5.74) is 1.85. The number of carbonyl (C=O) groups excluding carboxylic acids is 1. The van der Waals surface area contributed by atoms with E-state index in [-0.39, 0.29) is 11.9 Å². The molecular weight excluding hydrogens is 298 g/mol. The molecule has 0 bridgehead atoms. The van der Waals surface area contributed by atoms with Crippen LogP contribution in [0.2, 0.25) is 5.15 Å². The summed E-state index contributed by atoms with van der Waals surface area (Å²) in [4.78, 5) is 18.5. The van der Waals surface area contributed by atoms with Crippen LogP contribution in [0.25, 0.3) is 0 Å². The molecule has 0 spiro atoms. The van der Waals surface area contributed by atoms with Crippen LogP contribution < -0.4 is 5.32 Å². The van der Waals surface area contributed by atoms with Crippen molar-refractivity contribution >= 4 is 17.5 Å². The highest BCUT2D eigenvalue weighted by Crippen LogP contribution is 2.14. The van der Waals surface area contributed by atoms with Crippen molar-refractivity contribution in [3.63, 3.8) is 0 Å². The molecule has 114 valence electrons. The number of nitrogens with one attached hydrogen (secondary N) is 1. The van der Waals surface area contributed by atoms with Gasteiger partial charge >= 0.3 is 0 Å². The van der Waals surface area contributed by atoms with E-state index in [1.807, 2.05) is 6.07 Å². The number of nitrogens with zero attached hydrogens (tertiary/aromatic N) is 2. The number of aromatic nitrogens is 1. The molecular formula is C17H18ClN3O. The highest BCUT2D eigenvalue weighted by atomic mass is 35.5. The molecule has 5 heteroatoms. The Morgan fingerprint density at radius 1 is 1.27 bits per heavy atom. The van der Waals surface area contributed by atoms with Crippen molar-refractivity contribution in [1.29, 1.82) is 0 Å². The molecule has 1 N–H and O–H groups in total. The summed E-state index contributed by atoms with van der Waals surface area (Å²) in [5.74, 6) is -0.0873. The zero-order valence-electron chi connectivity index (χ0n) is 12.2. The van der Waals surface area contributed by atoms with Gasteiger partial charge in [-0.1, -0.05) is 41.9 Å². The number of amides is 1. The monoisotopic (exact) mass is 315 g/mol. The van der Waals surface area contributed by atoms with Crippen molar-refractivity contribution in [2.75, 3.05) is 13.1 Å². The summed E-state index contributed by atoms with van der Waals surface area (Å²) in [6.45, 7) is 2.80. The highest BCUT2D eigenvalue weighted by Gasteiger charge is 2.24. The summed E-state index contributed by atoms with van der Waals surface area (Å²) in [5, 5.41) is 3.46. The maximum absolute atomic E-state index is 12.2. The summed E-state index contributed by atoms with van der Waals surface area (Å²) in [6, 6.07) is 13.9. The number of hydrogen-bond acceptors (Lipinski definition) is 3. The molecule has 22 heavy (non-hydrogen) atoms. The van der Waals surface area contributed by atoms with Gasteiger partial charge in [0.1, 0.15) is 5.15 Å². The molecule has 1 saturated heterocycles. The fourth-order valence-corrected chi connectivity index (χ4v) is 2.83. The van der Waals surface area contributed by atoms with Gasteiger partial charge < -0.3 is 5.32 Å². The van der Waals surface area contributed by atoms with Crippen LogP contribution in [0.15, 0.2) is 48.7 Å². The van der Waals surface area contributed by atoms with E-state index < -0.39 is 0 Å². The minimum absolute atomic E-state index is 0.0873. The van der Waals surface area contributed by atoms with E-state index in [1.165, 1.54) is 11.8 Å². The predicted molar refractivity (Wildman–Crippen MR) is 86.8 cm³/mol. The molecule has 2 heterocycles. The number of carbonyl (C=O) groups is 1. The lowest BCUT2D eigenvalue weighted by Gasteiger charge is -2.16. The van der Waals surface area contributed by atoms with Crippen molar-refractivity contribution in [2.24, 2.45) is 0 Å². The summed E-state index contributed by atoms with van der Waals surface area (Å²) >= 11 is 5.73. The Morgan fingerprint density at radius 2 is 2.09 bits per heavy atom. The third-order valence-corrected chi connectivity index (χ3v) is 4.07. The van der Waals surface area contributed by atoms with Crippen LogP contribution in [0.4, 0.5) is 0 Å². The van der Waals surface area contributed by atoms with E-state index in [4.69, 9.17) is 11.6 Å². The Kier molecular flexibility index (Phi) is 4.71. The standard InChI is InChI=1S/C17H18ClN3O/c18-16-7-6-14(10-19-16)17(22)20-15-8-9-21(12-15)11-13-4-2-1-3-5-13/h1-7,10,15H,8-9,11-12H2,(H,20,22). The molecule has 4 nitrogen and oxygen atoms in total. The average Bonchev–Trinajstić information content (AvgIpc) is 2.96. The molecule has 0 radical (unpaired) electrons. The third-order valence-electron chi connectivity index (χ3n) is 3.85. The second-order valence-electron chi connectivity index (χ2n) is 5.55. The molecule has 1 fully saturated rings. The van der Waals surface area contributed by atoms with E-state index in [0.717, 1.165) is 26.1 Å². The van der Waals surface area contributed by atoms with Gasteiger partial charge in [0, 0.05) is 31.9 Å². The molecule has 1 aliphatic rings. The molecule has 0 aliphatic carbocycles. The number of hydrogen-bond donors (Lipinski definition) is 1. The molecule has 1 aromatic heterocycles. The van der Waals surface area contributed by atoms with Crippen molar-refractivity contribution < 1.29 is 4.79 Å². The van der Waals surface area contributed by atoms with E-state index in [9.17, 15) is 4.79 Å². The van der Waals surface area contributed by atoms with E-state index in [0.29, 0.717) is 10.7 Å². The van der Waals surface area contributed by atoms with Gasteiger partial charge in [0.15, 0.2) is 0 Å². The van der Waals surface area contributed by atoms with Gasteiger partial charge in [0.25, 0.3) is 5.91 Å². The largest absolute Gasteiger partial charge is 0.348 e. The quantitative estimate of drug-likeness (QED) is 0.882. The number of rotatable bonds is 4. The molecule has 1 aliphatic heterocycles. The van der Waals surface area contributed by atoms with Crippen LogP contribution in [-0.2, 0) is 6.54 Å². The van der Waals surface area contributed by atoms with Crippen LogP contribution in [0.5, 0.6) is 0 Å². The number of halogens is 1. The summed E-state index contributed by atoms with van der Waals surface area (Å²) < 4.78 is 0. The molecule has 1 atom stereocenters. The molecule has 3 rings (SSSR count). The summed E-state index contributed by atoms with van der Waals surface area (Å²) in [7, 11) is 0. The van der Waals surface area contributed by atoms with Gasteiger partial charge in [-0.3, -0.25) is 9.69 Å². The fourth-order valence-electron chi connectivity index (χ4n) is 2.71. The van der Waals surface area contributed by atoms with Gasteiger partial charge in [-0.15, -0.1) is 0 Å². The lowest BCUT2D eigenvalue weighted by Crippen LogP contribution is -2.37. The molecule has 1 aromatic carbocycles. The van der Waals surface area contributed by atoms with E-state index >= 15 is 0 Å². The zero-order valence-corrected chi connectivity index (χ0v) is 13.0. The smallest absolute Gasteiger partial charge is 0.253 e. The van der Waals surface area contributed by atoms with Crippen LogP contribution in [0.1, 0.15) is 22.3 Å². The molecule has 1 amide bonds. The Hall–Kier alpha value is -1.91. The number of pyridine rings is 1. The van der Waals surface area contributed by atoms with Crippen LogP contribution >= 0.6 is 11.6 Å². The van der Waals surface area contributed by atoms with Crippen LogP contribution in [0, 0.1) is 0 Å². The van der Waals surface area contributed by atoms with Gasteiger partial charge in [0.05, 0.1) is 5.56 Å². The second kappa shape index (κ2) is 6.90. The van der Waals surface area contributed by atoms with Gasteiger partial charge in [-0.2, -0.15) is 0 Å². The predicted octanol–water partition coefficient (Wildman–Crippen LogP) is 2.74. The van der Waals surface area contributed by atoms with Gasteiger partial charge in [-0.05, 0) is 24.1 Å². The van der Waals surface area contributed by atoms with Crippen molar-refractivity contribution in [2.45, 2.75) is 19.0 Å². The lowest BCUT2D eigenvalue weighted by molar-refractivity contribution is 0.0937. The highest BCUT2D eigenvalue weighted by molar-refractivity contribution is 6.29. The maximum Gasteiger partial charge on any atom is 0.253 e. The normalized spacial score (nSPS) is 18.3. The van der Waals surface area contributed by atoms with Crippen molar-refractivity contribution in [3.8, 4) is 0 Å². The first kappa shape index (κ1) is 15.0. The fraction of sp³-hybridized carbons (Fsp3) is 0.294. The second-order valence-corrected chi connectivity index (χ2v) is 5.94. The van der Waals surface area contributed by atoms with Gasteiger partial charge in [0.2, 0.25) is 0 Å². The molecule has 2 aromatic rings. The first-order valence-electron chi connectivity index (χ1n) is 7.39. The Balaban J connectivity index is 1.52. The Bertz CT molecular complexity index is 630. The maximum atomic E-state index is 12.2. The average molecular weight is 316 g/mol. The van der Waals surface area contributed by atoms with Crippen molar-refractivity contribution in [3.05, 3.63) is 64.9 Å². The minimum Gasteiger partial charge on any atom is -0.348 e. The summed E-state index contributed by atoms with van der Waals surface area (Å²) in [6.07, 6.45) is 2.48. The zero-order chi connectivity index (χ0) is 15.4. The Labute approximate surface area is 135 Å². The molecule has 0 saturated carbocycles. The van der Waals surface area contributed by atoms with Gasteiger partial charge in [-0.25, -0.2) is 4.98 Å². The molecule has 1 unspecified atom stereocenters. The SMILES string of the molecule is O=C(NC1CCN(Cc2ccccc2)C1)c1ccc(Cl)nc1. The number of benzene rings is 1. The third kappa shape index (κ3) is 3.84.